The summed E-state index contributed by atoms with van der Waals surface area (Å²) in [5, 5.41) is 27.9. The largest absolute Gasteiger partial charge is 0.449 e. The minimum absolute atomic E-state index is 0.0263. The smallest absolute Gasteiger partial charge is 0.346 e. The van der Waals surface area contributed by atoms with Crippen LogP contribution in [0.3, 0.4) is 0 Å². The Hall–Kier alpha value is -2.99. The van der Waals surface area contributed by atoms with Crippen LogP contribution in [-0.4, -0.2) is 68.9 Å². The Balaban J connectivity index is 1.70. The molecule has 10 nitrogen and oxygen atoms in total. The summed E-state index contributed by atoms with van der Waals surface area (Å²) in [5.74, 6) is -5.65. The van der Waals surface area contributed by atoms with Gasteiger partial charge >= 0.3 is 11.9 Å². The predicted octanol–water partition coefficient (Wildman–Crippen LogP) is -2.12. The fraction of sp³-hybridized carbons (Fsp3) is 0.471. The maximum atomic E-state index is 13.4. The molecule has 1 saturated heterocycles. The highest BCUT2D eigenvalue weighted by atomic mass is 19.1. The van der Waals surface area contributed by atoms with E-state index in [1.807, 2.05) is 6.92 Å². The molecule has 0 unspecified atom stereocenters. The van der Waals surface area contributed by atoms with Crippen molar-refractivity contribution in [2.75, 3.05) is 6.54 Å². The molecule has 0 aromatic heterocycles. The van der Waals surface area contributed by atoms with Crippen LogP contribution < -0.4 is 22.1 Å². The zero-order chi connectivity index (χ0) is 21.1. The van der Waals surface area contributed by atoms with Crippen LogP contribution in [0.5, 0.6) is 0 Å². The molecular weight excluding hydrogens is 390 g/mol. The molecule has 1 aromatic rings. The van der Waals surface area contributed by atoms with Gasteiger partial charge in [0.2, 0.25) is 5.66 Å². The third-order valence-electron chi connectivity index (χ3n) is 5.60. The molecule has 8 N–H and O–H groups in total. The van der Waals surface area contributed by atoms with E-state index >= 15 is 0 Å². The number of guanidine groups is 2. The lowest BCUT2D eigenvalue weighted by Crippen LogP contribution is -2.78. The van der Waals surface area contributed by atoms with E-state index in [4.69, 9.17) is 16.2 Å². The predicted molar refractivity (Wildman–Crippen MR) is 95.5 cm³/mol. The molecular formula is C17H21F2N6O4+. The lowest BCUT2D eigenvalue weighted by molar-refractivity contribution is -0.623. The molecule has 29 heavy (non-hydrogen) atoms. The first-order valence-corrected chi connectivity index (χ1v) is 9.00. The van der Waals surface area contributed by atoms with Crippen LogP contribution in [0.2, 0.25) is 0 Å². The molecule has 3 aliphatic rings. The minimum Gasteiger partial charge on any atom is -0.449 e. The van der Waals surface area contributed by atoms with E-state index in [2.05, 4.69) is 15.6 Å². The second kappa shape index (κ2) is 6.26. The summed E-state index contributed by atoms with van der Waals surface area (Å²) < 4.78 is 33.5. The summed E-state index contributed by atoms with van der Waals surface area (Å²) in [6, 6.07) is 1.05. The second-order valence-corrected chi connectivity index (χ2v) is 7.28. The standard InChI is InChI=1S/C17H20F2N6O4/c1-2-10-12-16(24-14(20)23-12)17(27,28)11(6-25(16)15(21)22-10)29-13(26)7-3-8(18)5-9(19)4-7/h3-5,10-12,27-28H,2,6H2,1H3,(H5,20,21,22,23,24)/p+1/t10-,11-,12-,16-/m0/s1. The third kappa shape index (κ3) is 2.63. The number of rotatable bonds is 3. The number of hydrogen-bond donors (Lipinski definition) is 6. The van der Waals surface area contributed by atoms with E-state index in [0.29, 0.717) is 12.5 Å². The monoisotopic (exact) mass is 411 g/mol. The fourth-order valence-corrected chi connectivity index (χ4v) is 4.29. The summed E-state index contributed by atoms with van der Waals surface area (Å²) in [4.78, 5) is 16.7. The Morgan fingerprint density at radius 2 is 2.00 bits per heavy atom. The van der Waals surface area contributed by atoms with Crippen LogP contribution in [0.4, 0.5) is 8.78 Å². The van der Waals surface area contributed by atoms with Crippen LogP contribution in [0.1, 0.15) is 23.7 Å². The van der Waals surface area contributed by atoms with E-state index in [-0.39, 0.29) is 24.5 Å². The lowest BCUT2D eigenvalue weighted by Gasteiger charge is -2.43. The maximum absolute atomic E-state index is 13.4. The van der Waals surface area contributed by atoms with Gasteiger partial charge in [-0.25, -0.2) is 23.1 Å². The van der Waals surface area contributed by atoms with Crippen LogP contribution >= 0.6 is 0 Å². The Morgan fingerprint density at radius 3 is 2.62 bits per heavy atom. The van der Waals surface area contributed by atoms with E-state index < -0.39 is 46.8 Å². The molecule has 1 aromatic carbocycles. The van der Waals surface area contributed by atoms with Gasteiger partial charge in [-0.1, -0.05) is 6.92 Å². The summed E-state index contributed by atoms with van der Waals surface area (Å²) in [7, 11) is 0. The lowest BCUT2D eigenvalue weighted by atomic mass is 9.85. The highest BCUT2D eigenvalue weighted by molar-refractivity contribution is 5.89. The SMILES string of the molecule is CC[C@@H]1NC(N)=[N+]2C[C@H](OC(=O)c3cc(F)cc(F)c3)C(O)(O)[C@@]23NC(N)=N[C@@H]13. The van der Waals surface area contributed by atoms with Crippen molar-refractivity contribution >= 4 is 17.9 Å². The zero-order valence-corrected chi connectivity index (χ0v) is 15.4. The first-order valence-electron chi connectivity index (χ1n) is 9.00. The molecule has 0 bridgehead atoms. The first-order chi connectivity index (χ1) is 13.6. The molecule has 3 heterocycles. The van der Waals surface area contributed by atoms with Gasteiger partial charge in [-0.3, -0.25) is 11.1 Å². The number of nitrogens with two attached hydrogens (primary N) is 2. The van der Waals surface area contributed by atoms with Gasteiger partial charge in [0.15, 0.2) is 12.1 Å². The van der Waals surface area contributed by atoms with E-state index in [1.165, 1.54) is 4.58 Å². The number of aliphatic imine (C=N–C) groups is 1. The number of nitrogens with one attached hydrogen (secondary N) is 2. The van der Waals surface area contributed by atoms with Crippen molar-refractivity contribution in [1.82, 2.24) is 10.6 Å². The molecule has 3 aliphatic heterocycles. The molecule has 4 rings (SSSR count). The highest BCUT2D eigenvalue weighted by Gasteiger charge is 2.75. The average molecular weight is 411 g/mol. The highest BCUT2D eigenvalue weighted by Crippen LogP contribution is 2.43. The van der Waals surface area contributed by atoms with Crippen molar-refractivity contribution in [1.29, 1.82) is 0 Å². The van der Waals surface area contributed by atoms with Gasteiger partial charge in [0.1, 0.15) is 30.3 Å². The molecule has 0 radical (unpaired) electrons. The molecule has 1 spiro atoms. The second-order valence-electron chi connectivity index (χ2n) is 7.28. The number of halogens is 2. The number of nitrogens with zero attached hydrogens (tertiary/aromatic N) is 2. The number of aliphatic hydroxyl groups is 2. The Morgan fingerprint density at radius 1 is 1.34 bits per heavy atom. The van der Waals surface area contributed by atoms with Crippen molar-refractivity contribution in [3.05, 3.63) is 35.4 Å². The van der Waals surface area contributed by atoms with Gasteiger partial charge in [0.25, 0.3) is 5.79 Å². The number of ether oxygens (including phenoxy) is 1. The summed E-state index contributed by atoms with van der Waals surface area (Å²) in [6.07, 6.45) is -0.976. The quantitative estimate of drug-likeness (QED) is 0.187. The van der Waals surface area contributed by atoms with Crippen LogP contribution in [0.25, 0.3) is 0 Å². The van der Waals surface area contributed by atoms with Crippen molar-refractivity contribution < 1.29 is 33.1 Å². The summed E-state index contributed by atoms with van der Waals surface area (Å²) in [5.41, 5.74) is 9.82. The molecule has 12 heteroatoms. The van der Waals surface area contributed by atoms with Crippen LogP contribution in [-0.2, 0) is 4.74 Å². The first kappa shape index (κ1) is 19.3. The maximum Gasteiger partial charge on any atom is 0.346 e. The van der Waals surface area contributed by atoms with Gasteiger partial charge in [-0.05, 0) is 18.6 Å². The van der Waals surface area contributed by atoms with E-state index in [0.717, 1.165) is 12.1 Å². The van der Waals surface area contributed by atoms with Gasteiger partial charge in [0, 0.05) is 6.07 Å². The van der Waals surface area contributed by atoms with Gasteiger partial charge in [0.05, 0.1) is 5.56 Å². The summed E-state index contributed by atoms with van der Waals surface area (Å²) >= 11 is 0. The molecule has 0 amide bonds. The normalized spacial score (nSPS) is 32.0. The third-order valence-corrected chi connectivity index (χ3v) is 5.60. The number of benzene rings is 1. The molecule has 156 valence electrons. The molecule has 4 atom stereocenters. The Bertz CT molecular complexity index is 932. The Kier molecular flexibility index (Phi) is 4.17. The topological polar surface area (TPSA) is 158 Å². The number of carbonyl (C=O) groups excluding carboxylic acids is 1. The van der Waals surface area contributed by atoms with Crippen molar-refractivity contribution in [3.8, 4) is 0 Å². The minimum atomic E-state index is -2.68. The number of hydrogen-bond acceptors (Lipinski definition) is 9. The van der Waals surface area contributed by atoms with Crippen LogP contribution in [0.15, 0.2) is 23.2 Å². The van der Waals surface area contributed by atoms with Crippen molar-refractivity contribution in [2.45, 2.75) is 43.0 Å². The average Bonchev–Trinajstić information content (AvgIpc) is 3.09. The zero-order valence-electron chi connectivity index (χ0n) is 15.4. The van der Waals surface area contributed by atoms with E-state index in [9.17, 15) is 23.8 Å². The molecule has 0 saturated carbocycles. The Labute approximate surface area is 163 Å². The van der Waals surface area contributed by atoms with Gasteiger partial charge in [-0.15, -0.1) is 0 Å². The number of carbonyl (C=O) groups is 1. The van der Waals surface area contributed by atoms with Gasteiger partial charge < -0.3 is 26.0 Å². The summed E-state index contributed by atoms with van der Waals surface area (Å²) in [6.45, 7) is 1.64. The van der Waals surface area contributed by atoms with Crippen LogP contribution in [0, 0.1) is 11.6 Å². The van der Waals surface area contributed by atoms with Crippen molar-refractivity contribution in [3.63, 3.8) is 0 Å². The molecule has 1 fully saturated rings. The number of esters is 1. The van der Waals surface area contributed by atoms with Gasteiger partial charge in [-0.2, -0.15) is 0 Å². The van der Waals surface area contributed by atoms with Crippen molar-refractivity contribution in [2.24, 2.45) is 16.5 Å². The molecule has 0 aliphatic carbocycles. The fourth-order valence-electron chi connectivity index (χ4n) is 4.29. The van der Waals surface area contributed by atoms with E-state index in [1.54, 1.807) is 0 Å².